The summed E-state index contributed by atoms with van der Waals surface area (Å²) in [6.45, 7) is 6.90. The van der Waals surface area contributed by atoms with Crippen LogP contribution in [0.25, 0.3) is 0 Å². The van der Waals surface area contributed by atoms with Gasteiger partial charge >= 0.3 is 0 Å². The third kappa shape index (κ3) is 3.69. The SMILES string of the molecule is CC(=O)N[C@]1(C)C[C@H](c2ccc(N3CCCC3=O)cc2)O[C@@H]2C[C@H](C)CC[C@H]21. The molecule has 5 nitrogen and oxygen atoms in total. The van der Waals surface area contributed by atoms with Crippen LogP contribution in [0.3, 0.4) is 0 Å². The quantitative estimate of drug-likeness (QED) is 0.858. The van der Waals surface area contributed by atoms with Gasteiger partial charge in [-0.25, -0.2) is 0 Å². The number of rotatable bonds is 3. The molecule has 28 heavy (non-hydrogen) atoms. The molecule has 1 N–H and O–H groups in total. The first-order valence-corrected chi connectivity index (χ1v) is 10.7. The molecule has 0 aromatic heterocycles. The van der Waals surface area contributed by atoms with Gasteiger partial charge in [-0.1, -0.05) is 25.5 Å². The van der Waals surface area contributed by atoms with Crippen molar-refractivity contribution in [2.75, 3.05) is 11.4 Å². The van der Waals surface area contributed by atoms with E-state index in [1.807, 2.05) is 17.0 Å². The molecule has 2 saturated heterocycles. The van der Waals surface area contributed by atoms with Crippen LogP contribution in [-0.4, -0.2) is 30.0 Å². The largest absolute Gasteiger partial charge is 0.370 e. The normalized spacial score (nSPS) is 35.5. The number of hydrogen-bond donors (Lipinski definition) is 1. The predicted octanol–water partition coefficient (Wildman–Crippen LogP) is 3.97. The van der Waals surface area contributed by atoms with Crippen molar-refractivity contribution in [1.29, 1.82) is 0 Å². The highest BCUT2D eigenvalue weighted by atomic mass is 16.5. The smallest absolute Gasteiger partial charge is 0.227 e. The van der Waals surface area contributed by atoms with Gasteiger partial charge in [-0.05, 0) is 49.8 Å². The van der Waals surface area contributed by atoms with Crippen LogP contribution < -0.4 is 10.2 Å². The van der Waals surface area contributed by atoms with E-state index < -0.39 is 0 Å². The second-order valence-corrected chi connectivity index (χ2v) is 9.23. The summed E-state index contributed by atoms with van der Waals surface area (Å²) in [6.07, 6.45) is 5.85. The summed E-state index contributed by atoms with van der Waals surface area (Å²) in [5.41, 5.74) is 1.85. The van der Waals surface area contributed by atoms with Gasteiger partial charge in [-0.3, -0.25) is 9.59 Å². The lowest BCUT2D eigenvalue weighted by atomic mass is 9.66. The number of nitrogens with one attached hydrogen (secondary N) is 1. The van der Waals surface area contributed by atoms with Gasteiger partial charge < -0.3 is 15.0 Å². The number of amides is 2. The topological polar surface area (TPSA) is 58.6 Å². The molecule has 2 amide bonds. The molecule has 1 saturated carbocycles. The Labute approximate surface area is 167 Å². The second-order valence-electron chi connectivity index (χ2n) is 9.23. The average Bonchev–Trinajstić information content (AvgIpc) is 3.06. The first-order valence-electron chi connectivity index (χ1n) is 10.7. The molecule has 5 atom stereocenters. The number of carbonyl (C=O) groups is 2. The Morgan fingerprint density at radius 2 is 2.00 bits per heavy atom. The van der Waals surface area contributed by atoms with E-state index in [4.69, 9.17) is 4.74 Å². The highest BCUT2D eigenvalue weighted by Gasteiger charge is 2.49. The van der Waals surface area contributed by atoms with E-state index in [0.29, 0.717) is 18.3 Å². The Bertz CT molecular complexity index is 747. The molecule has 2 aliphatic heterocycles. The van der Waals surface area contributed by atoms with Gasteiger partial charge in [-0.2, -0.15) is 0 Å². The van der Waals surface area contributed by atoms with Gasteiger partial charge in [0, 0.05) is 43.5 Å². The molecule has 1 aliphatic carbocycles. The molecule has 0 spiro atoms. The maximum Gasteiger partial charge on any atom is 0.227 e. The summed E-state index contributed by atoms with van der Waals surface area (Å²) >= 11 is 0. The van der Waals surface area contributed by atoms with Gasteiger partial charge in [0.05, 0.1) is 12.2 Å². The van der Waals surface area contributed by atoms with Gasteiger partial charge in [0.1, 0.15) is 0 Å². The lowest BCUT2D eigenvalue weighted by Gasteiger charge is -2.52. The molecule has 0 radical (unpaired) electrons. The molecule has 0 unspecified atom stereocenters. The van der Waals surface area contributed by atoms with Gasteiger partial charge in [0.25, 0.3) is 0 Å². The Morgan fingerprint density at radius 1 is 1.25 bits per heavy atom. The van der Waals surface area contributed by atoms with E-state index in [0.717, 1.165) is 43.5 Å². The number of anilines is 1. The molecular formula is C23H32N2O3. The minimum atomic E-state index is -0.247. The molecule has 4 rings (SSSR count). The van der Waals surface area contributed by atoms with E-state index in [1.54, 1.807) is 6.92 Å². The van der Waals surface area contributed by atoms with Gasteiger partial charge in [-0.15, -0.1) is 0 Å². The third-order valence-electron chi connectivity index (χ3n) is 6.93. The molecule has 5 heteroatoms. The lowest BCUT2D eigenvalue weighted by Crippen LogP contribution is -2.60. The fourth-order valence-electron chi connectivity index (χ4n) is 5.54. The first kappa shape index (κ1) is 19.4. The van der Waals surface area contributed by atoms with Crippen molar-refractivity contribution < 1.29 is 14.3 Å². The summed E-state index contributed by atoms with van der Waals surface area (Å²) in [6, 6.07) is 8.25. The fraction of sp³-hybridized carbons (Fsp3) is 0.652. The summed E-state index contributed by atoms with van der Waals surface area (Å²) in [5.74, 6) is 1.26. The van der Waals surface area contributed by atoms with Crippen LogP contribution in [0.1, 0.15) is 71.0 Å². The average molecular weight is 385 g/mol. The number of carbonyl (C=O) groups excluding carboxylic acids is 2. The van der Waals surface area contributed by atoms with Crippen LogP contribution in [-0.2, 0) is 14.3 Å². The molecular weight excluding hydrogens is 352 g/mol. The molecule has 1 aromatic rings. The van der Waals surface area contributed by atoms with Crippen molar-refractivity contribution in [2.24, 2.45) is 11.8 Å². The van der Waals surface area contributed by atoms with Crippen molar-refractivity contribution >= 4 is 17.5 Å². The standard InChI is InChI=1S/C23H32N2O3/c1-15-6-11-19-20(13-15)28-21(14-23(19,3)24-16(2)26)17-7-9-18(10-8-17)25-12-4-5-22(25)27/h7-10,15,19-21H,4-6,11-14H2,1-3H3,(H,24,26)/t15-,19-,20-,21-,23-/m1/s1. The van der Waals surface area contributed by atoms with Crippen molar-refractivity contribution in [3.63, 3.8) is 0 Å². The minimum Gasteiger partial charge on any atom is -0.370 e. The monoisotopic (exact) mass is 384 g/mol. The number of hydrogen-bond acceptors (Lipinski definition) is 3. The minimum absolute atomic E-state index is 0.0309. The highest BCUT2D eigenvalue weighted by Crippen LogP contribution is 2.48. The predicted molar refractivity (Wildman–Crippen MR) is 109 cm³/mol. The first-order chi connectivity index (χ1) is 13.4. The maximum absolute atomic E-state index is 12.0. The van der Waals surface area contributed by atoms with E-state index in [9.17, 15) is 9.59 Å². The lowest BCUT2D eigenvalue weighted by molar-refractivity contribution is -0.153. The van der Waals surface area contributed by atoms with Gasteiger partial charge in [0.15, 0.2) is 0 Å². The van der Waals surface area contributed by atoms with Crippen molar-refractivity contribution in [2.45, 2.75) is 77.0 Å². The van der Waals surface area contributed by atoms with Crippen LogP contribution in [0.5, 0.6) is 0 Å². The Hall–Kier alpha value is -1.88. The second kappa shape index (κ2) is 7.51. The summed E-state index contributed by atoms with van der Waals surface area (Å²) in [4.78, 5) is 25.8. The summed E-state index contributed by atoms with van der Waals surface area (Å²) in [7, 11) is 0. The number of fused-ring (bicyclic) bond motifs is 1. The summed E-state index contributed by atoms with van der Waals surface area (Å²) < 4.78 is 6.58. The molecule has 152 valence electrons. The zero-order valence-corrected chi connectivity index (χ0v) is 17.2. The van der Waals surface area contributed by atoms with E-state index in [1.165, 1.54) is 6.42 Å². The third-order valence-corrected chi connectivity index (χ3v) is 6.93. The van der Waals surface area contributed by atoms with Crippen LogP contribution in [0.15, 0.2) is 24.3 Å². The van der Waals surface area contributed by atoms with E-state index >= 15 is 0 Å². The van der Waals surface area contributed by atoms with Crippen LogP contribution in [0.2, 0.25) is 0 Å². The van der Waals surface area contributed by atoms with Crippen molar-refractivity contribution in [3.05, 3.63) is 29.8 Å². The molecule has 3 aliphatic rings. The number of benzene rings is 1. The molecule has 3 fully saturated rings. The zero-order chi connectivity index (χ0) is 19.9. The molecule has 2 heterocycles. The maximum atomic E-state index is 12.0. The Kier molecular flexibility index (Phi) is 5.21. The Balaban J connectivity index is 1.56. The summed E-state index contributed by atoms with van der Waals surface area (Å²) in [5, 5.41) is 3.26. The highest BCUT2D eigenvalue weighted by molar-refractivity contribution is 5.95. The van der Waals surface area contributed by atoms with E-state index in [2.05, 4.69) is 31.3 Å². The van der Waals surface area contributed by atoms with Crippen LogP contribution >= 0.6 is 0 Å². The van der Waals surface area contributed by atoms with E-state index in [-0.39, 0.29) is 29.6 Å². The van der Waals surface area contributed by atoms with Crippen LogP contribution in [0, 0.1) is 11.8 Å². The zero-order valence-electron chi connectivity index (χ0n) is 17.2. The number of ether oxygens (including phenoxy) is 1. The molecule has 0 bridgehead atoms. The van der Waals surface area contributed by atoms with Crippen LogP contribution in [0.4, 0.5) is 5.69 Å². The fourth-order valence-corrected chi connectivity index (χ4v) is 5.54. The molecule has 1 aromatic carbocycles. The van der Waals surface area contributed by atoms with Gasteiger partial charge in [0.2, 0.25) is 11.8 Å². The Morgan fingerprint density at radius 3 is 2.64 bits per heavy atom. The number of nitrogens with zero attached hydrogens (tertiary/aromatic N) is 1. The van der Waals surface area contributed by atoms with Crippen molar-refractivity contribution in [3.8, 4) is 0 Å². The van der Waals surface area contributed by atoms with Crippen molar-refractivity contribution in [1.82, 2.24) is 5.32 Å².